The van der Waals surface area contributed by atoms with Crippen molar-refractivity contribution in [2.75, 3.05) is 0 Å². The molecule has 0 saturated carbocycles. The molecule has 0 radical (unpaired) electrons. The van der Waals surface area contributed by atoms with Crippen LogP contribution in [0.3, 0.4) is 0 Å². The van der Waals surface area contributed by atoms with E-state index in [9.17, 15) is 0 Å². The molecule has 4 nitrogen and oxygen atoms in total. The van der Waals surface area contributed by atoms with Crippen LogP contribution >= 0.6 is 0 Å². The van der Waals surface area contributed by atoms with Crippen LogP contribution in [-0.4, -0.2) is 6.17 Å². The van der Waals surface area contributed by atoms with Gasteiger partial charge in [0.2, 0.25) is 20.7 Å². The molecule has 10 heavy (non-hydrogen) atoms. The Kier molecular flexibility index (Phi) is 5.28. The second kappa shape index (κ2) is 5.97. The SMILES string of the molecule is CCCCCC([N+]#N)[N+]#N. The summed E-state index contributed by atoms with van der Waals surface area (Å²) < 4.78 is 0. The van der Waals surface area contributed by atoms with Crippen molar-refractivity contribution in [1.82, 2.24) is 0 Å². The van der Waals surface area contributed by atoms with Gasteiger partial charge < -0.3 is 0 Å². The first-order valence-electron chi connectivity index (χ1n) is 3.53. The molecule has 0 atom stereocenters. The lowest BCUT2D eigenvalue weighted by Gasteiger charge is -1.85. The van der Waals surface area contributed by atoms with Crippen LogP contribution in [0.2, 0.25) is 0 Å². The zero-order valence-corrected chi connectivity index (χ0v) is 6.19. The summed E-state index contributed by atoms with van der Waals surface area (Å²) in [5.74, 6) is 0. The molecular formula is C6H12N4+2. The molecule has 0 rings (SSSR count). The van der Waals surface area contributed by atoms with E-state index in [1.807, 2.05) is 0 Å². The molecule has 0 N–H and O–H groups in total. The molecule has 0 aromatic carbocycles. The first-order chi connectivity index (χ1) is 4.85. The van der Waals surface area contributed by atoms with E-state index in [1.165, 1.54) is 0 Å². The van der Waals surface area contributed by atoms with Crippen molar-refractivity contribution in [1.29, 1.82) is 10.8 Å². The van der Waals surface area contributed by atoms with E-state index in [0.717, 1.165) is 19.3 Å². The van der Waals surface area contributed by atoms with Crippen LogP contribution in [-0.2, 0) is 0 Å². The summed E-state index contributed by atoms with van der Waals surface area (Å²) in [6.45, 7) is 2.08. The highest BCUT2D eigenvalue weighted by Gasteiger charge is 2.30. The maximum absolute atomic E-state index is 8.20. The largest absolute Gasteiger partial charge is 0.632 e. The highest BCUT2D eigenvalue weighted by Crippen LogP contribution is 2.06. The second-order valence-corrected chi connectivity index (χ2v) is 2.21. The van der Waals surface area contributed by atoms with Gasteiger partial charge in [-0.25, -0.2) is 0 Å². The third-order valence-electron chi connectivity index (χ3n) is 1.33. The lowest BCUT2D eigenvalue weighted by molar-refractivity contribution is 0.648. The standard InChI is InChI=1S/C6H12N4/c1-2-3-4-5-6(9-7)10-8/h6H,2-5H2,1H3/q+2. The minimum Gasteiger partial charge on any atom is -0.0654 e. The lowest BCUT2D eigenvalue weighted by Crippen LogP contribution is -1.93. The fraction of sp³-hybridized carbons (Fsp3) is 1.00. The predicted molar refractivity (Wildman–Crippen MR) is 38.1 cm³/mol. The van der Waals surface area contributed by atoms with E-state index >= 15 is 0 Å². The summed E-state index contributed by atoms with van der Waals surface area (Å²) in [6.07, 6.45) is 3.13. The van der Waals surface area contributed by atoms with E-state index in [2.05, 4.69) is 16.9 Å². The van der Waals surface area contributed by atoms with Gasteiger partial charge in [0.1, 0.15) is 6.42 Å². The van der Waals surface area contributed by atoms with Crippen LogP contribution < -0.4 is 0 Å². The molecule has 0 aromatic rings. The molecular weight excluding hydrogens is 128 g/mol. The zero-order valence-electron chi connectivity index (χ0n) is 6.19. The summed E-state index contributed by atoms with van der Waals surface area (Å²) >= 11 is 0. The van der Waals surface area contributed by atoms with Crippen LogP contribution in [0.1, 0.15) is 32.6 Å². The maximum atomic E-state index is 8.20. The van der Waals surface area contributed by atoms with Crippen molar-refractivity contribution in [3.63, 3.8) is 0 Å². The van der Waals surface area contributed by atoms with Crippen LogP contribution in [0.15, 0.2) is 0 Å². The molecule has 0 amide bonds. The van der Waals surface area contributed by atoms with E-state index < -0.39 is 6.17 Å². The minimum atomic E-state index is -0.633. The second-order valence-electron chi connectivity index (χ2n) is 2.21. The zero-order chi connectivity index (χ0) is 7.82. The Morgan fingerprint density at radius 1 is 1.20 bits per heavy atom. The van der Waals surface area contributed by atoms with Crippen LogP contribution in [0.4, 0.5) is 0 Å². The number of nitrogens with zero attached hydrogens (tertiary/aromatic N) is 4. The Balaban J connectivity index is 3.31. The Hall–Kier alpha value is -1.16. The van der Waals surface area contributed by atoms with Gasteiger partial charge >= 0.3 is 6.17 Å². The molecule has 0 spiro atoms. The molecule has 0 aliphatic rings. The van der Waals surface area contributed by atoms with Gasteiger partial charge in [0.05, 0.1) is 0 Å². The molecule has 0 saturated heterocycles. The topological polar surface area (TPSA) is 56.3 Å². The first kappa shape index (κ1) is 8.84. The molecule has 0 heterocycles. The number of rotatable bonds is 4. The highest BCUT2D eigenvalue weighted by molar-refractivity contribution is 4.81. The quantitative estimate of drug-likeness (QED) is 0.445. The summed E-state index contributed by atoms with van der Waals surface area (Å²) in [5.41, 5.74) is 0. The maximum Gasteiger partial charge on any atom is 0.632 e. The lowest BCUT2D eigenvalue weighted by atomic mass is 10.2. The van der Waals surface area contributed by atoms with E-state index in [1.54, 1.807) is 0 Å². The average molecular weight is 140 g/mol. The Morgan fingerprint density at radius 2 is 1.80 bits per heavy atom. The van der Waals surface area contributed by atoms with Gasteiger partial charge in [-0.05, 0) is 6.42 Å². The normalized spacial score (nSPS) is 8.80. The monoisotopic (exact) mass is 140 g/mol. The van der Waals surface area contributed by atoms with E-state index in [-0.39, 0.29) is 0 Å². The molecule has 0 fully saturated rings. The first-order valence-corrected chi connectivity index (χ1v) is 3.53. The summed E-state index contributed by atoms with van der Waals surface area (Å²) in [6, 6.07) is 0. The summed E-state index contributed by atoms with van der Waals surface area (Å²) in [4.78, 5) is 5.72. The Bertz CT molecular complexity index is 138. The van der Waals surface area contributed by atoms with Gasteiger partial charge in [-0.1, -0.05) is 19.8 Å². The molecule has 4 heteroatoms. The van der Waals surface area contributed by atoms with Crippen molar-refractivity contribution < 1.29 is 0 Å². The molecule has 0 unspecified atom stereocenters. The Labute approximate surface area is 60.5 Å². The molecule has 0 aliphatic heterocycles. The van der Waals surface area contributed by atoms with Crippen molar-refractivity contribution in [2.45, 2.75) is 38.8 Å². The number of diazo groups is 2. The van der Waals surface area contributed by atoms with Crippen LogP contribution in [0.25, 0.3) is 9.95 Å². The van der Waals surface area contributed by atoms with E-state index in [0.29, 0.717) is 6.42 Å². The number of hydrogen-bond donors (Lipinski definition) is 0. The van der Waals surface area contributed by atoms with Crippen molar-refractivity contribution >= 4 is 0 Å². The highest BCUT2D eigenvalue weighted by atomic mass is 15.1. The van der Waals surface area contributed by atoms with Gasteiger partial charge in [-0.2, -0.15) is 0 Å². The average Bonchev–Trinajstić information content (AvgIpc) is 1.99. The molecule has 0 aromatic heterocycles. The molecule has 0 bridgehead atoms. The third-order valence-corrected chi connectivity index (χ3v) is 1.33. The van der Waals surface area contributed by atoms with Crippen molar-refractivity contribution in [3.8, 4) is 0 Å². The van der Waals surface area contributed by atoms with Gasteiger partial charge in [0, 0.05) is 0 Å². The van der Waals surface area contributed by atoms with Gasteiger partial charge in [-0.3, -0.25) is 0 Å². The fourth-order valence-electron chi connectivity index (χ4n) is 0.715. The summed E-state index contributed by atoms with van der Waals surface area (Å²) in [5, 5.41) is 16.4. The number of hydrogen-bond acceptors (Lipinski definition) is 2. The Morgan fingerprint density at radius 3 is 2.20 bits per heavy atom. The van der Waals surface area contributed by atoms with Crippen LogP contribution in [0, 0.1) is 10.8 Å². The number of unbranched alkanes of at least 4 members (excludes halogenated alkanes) is 2. The fourth-order valence-corrected chi connectivity index (χ4v) is 0.715. The third kappa shape index (κ3) is 3.80. The minimum absolute atomic E-state index is 0.626. The molecule has 54 valence electrons. The van der Waals surface area contributed by atoms with Crippen molar-refractivity contribution in [3.05, 3.63) is 9.95 Å². The van der Waals surface area contributed by atoms with Gasteiger partial charge in [0.25, 0.3) is 0 Å². The van der Waals surface area contributed by atoms with Crippen molar-refractivity contribution in [2.24, 2.45) is 0 Å². The predicted octanol–water partition coefficient (Wildman–Crippen LogP) is 2.60. The van der Waals surface area contributed by atoms with Gasteiger partial charge in [-0.15, -0.1) is 0 Å². The van der Waals surface area contributed by atoms with Crippen LogP contribution in [0.5, 0.6) is 0 Å². The smallest absolute Gasteiger partial charge is 0.0654 e. The van der Waals surface area contributed by atoms with Gasteiger partial charge in [0.15, 0.2) is 0 Å². The van der Waals surface area contributed by atoms with E-state index in [4.69, 9.17) is 10.8 Å². The molecule has 0 aliphatic carbocycles. The summed E-state index contributed by atoms with van der Waals surface area (Å²) in [7, 11) is 0.